The van der Waals surface area contributed by atoms with Gasteiger partial charge in [-0.1, -0.05) is 5.16 Å². The van der Waals surface area contributed by atoms with Crippen molar-refractivity contribution in [3.63, 3.8) is 0 Å². The molecule has 0 aliphatic carbocycles. The lowest BCUT2D eigenvalue weighted by Gasteiger charge is -2.30. The van der Waals surface area contributed by atoms with Gasteiger partial charge in [-0.15, -0.1) is 0 Å². The lowest BCUT2D eigenvalue weighted by molar-refractivity contribution is -0.124. The van der Waals surface area contributed by atoms with Gasteiger partial charge in [0.1, 0.15) is 11.9 Å². The second-order valence-corrected chi connectivity index (χ2v) is 5.73. The van der Waals surface area contributed by atoms with E-state index in [9.17, 15) is 4.79 Å². The van der Waals surface area contributed by atoms with Crippen molar-refractivity contribution < 1.29 is 18.8 Å². The van der Waals surface area contributed by atoms with E-state index >= 15 is 0 Å². The zero-order valence-corrected chi connectivity index (χ0v) is 14.4. The minimum atomic E-state index is -0.307. The summed E-state index contributed by atoms with van der Waals surface area (Å²) < 4.78 is 16.2. The van der Waals surface area contributed by atoms with Crippen molar-refractivity contribution in [2.24, 2.45) is 0 Å². The first-order valence-corrected chi connectivity index (χ1v) is 8.28. The fourth-order valence-corrected chi connectivity index (χ4v) is 2.68. The molecule has 0 spiro atoms. The molecule has 134 valence electrons. The molecule has 8 heteroatoms. The topological polar surface area (TPSA) is 89.7 Å². The molecule has 1 fully saturated rings. The molecule has 0 radical (unpaired) electrons. The van der Waals surface area contributed by atoms with Crippen LogP contribution in [0.25, 0.3) is 11.5 Å². The Labute approximate surface area is 146 Å². The number of carbonyl (C=O) groups is 1. The molecule has 1 saturated heterocycles. The van der Waals surface area contributed by atoms with E-state index in [0.717, 1.165) is 11.3 Å². The summed E-state index contributed by atoms with van der Waals surface area (Å²) in [5.74, 6) is 1.70. The Bertz CT molecular complexity index is 701. The first kappa shape index (κ1) is 17.4. The van der Waals surface area contributed by atoms with E-state index in [1.807, 2.05) is 36.1 Å². The number of hydrogen-bond acceptors (Lipinski definition) is 7. The van der Waals surface area contributed by atoms with Crippen LogP contribution in [0.3, 0.4) is 0 Å². The number of likely N-dealkylation sites (N-methyl/N-ethyl adjacent to an activating group) is 1. The van der Waals surface area contributed by atoms with Gasteiger partial charge in [0, 0.05) is 25.2 Å². The Morgan fingerprint density at radius 1 is 1.40 bits per heavy atom. The molecule has 3 rings (SSSR count). The molecule has 1 aromatic carbocycles. The third-order valence-electron chi connectivity index (χ3n) is 3.96. The summed E-state index contributed by atoms with van der Waals surface area (Å²) in [5.41, 5.74) is 0.814. The monoisotopic (exact) mass is 346 g/mol. The van der Waals surface area contributed by atoms with Crippen LogP contribution in [-0.4, -0.2) is 60.8 Å². The van der Waals surface area contributed by atoms with Crippen LogP contribution in [0.5, 0.6) is 5.75 Å². The van der Waals surface area contributed by atoms with Gasteiger partial charge >= 0.3 is 0 Å². The number of methoxy groups -OCH3 is 1. The van der Waals surface area contributed by atoms with Crippen molar-refractivity contribution in [1.82, 2.24) is 20.4 Å². The number of nitrogens with one attached hydrogen (secondary N) is 1. The van der Waals surface area contributed by atoms with Gasteiger partial charge in [0.25, 0.3) is 5.89 Å². The second kappa shape index (κ2) is 8.09. The van der Waals surface area contributed by atoms with Crippen LogP contribution in [0.2, 0.25) is 0 Å². The lowest BCUT2D eigenvalue weighted by Crippen LogP contribution is -2.44. The molecule has 1 aliphatic rings. The maximum Gasteiger partial charge on any atom is 0.258 e. The molecule has 25 heavy (non-hydrogen) atoms. The summed E-state index contributed by atoms with van der Waals surface area (Å²) in [6.45, 7) is 4.66. The summed E-state index contributed by atoms with van der Waals surface area (Å²) >= 11 is 0. The first-order valence-electron chi connectivity index (χ1n) is 8.28. The molecule has 1 aromatic heterocycles. The Kier molecular flexibility index (Phi) is 5.62. The highest BCUT2D eigenvalue weighted by Crippen LogP contribution is 2.25. The maximum atomic E-state index is 11.7. The standard InChI is InChI=1S/C17H22N4O4/c1-3-18-15(22)11-21-8-9-24-14(10-21)16-19-17(25-20-16)12-4-6-13(23-2)7-5-12/h4-7,14H,3,8-11H2,1-2H3,(H,18,22)/t14-/m0/s1. The Morgan fingerprint density at radius 3 is 2.92 bits per heavy atom. The molecule has 1 amide bonds. The number of hydrogen-bond donors (Lipinski definition) is 1. The number of aromatic nitrogens is 2. The van der Waals surface area contributed by atoms with Crippen LogP contribution in [0.4, 0.5) is 0 Å². The predicted octanol–water partition coefficient (Wildman–Crippen LogP) is 1.25. The summed E-state index contributed by atoms with van der Waals surface area (Å²) in [4.78, 5) is 18.2. The van der Waals surface area contributed by atoms with Crippen molar-refractivity contribution in [2.75, 3.05) is 39.9 Å². The molecule has 1 atom stereocenters. The molecule has 1 N–H and O–H groups in total. The third-order valence-corrected chi connectivity index (χ3v) is 3.96. The molecular formula is C17H22N4O4. The smallest absolute Gasteiger partial charge is 0.258 e. The van der Waals surface area contributed by atoms with E-state index < -0.39 is 0 Å². The van der Waals surface area contributed by atoms with E-state index in [4.69, 9.17) is 14.0 Å². The Balaban J connectivity index is 1.65. The molecule has 1 aliphatic heterocycles. The molecule has 0 unspecified atom stereocenters. The van der Waals surface area contributed by atoms with Crippen LogP contribution < -0.4 is 10.1 Å². The quantitative estimate of drug-likeness (QED) is 0.842. The van der Waals surface area contributed by atoms with Gasteiger partial charge < -0.3 is 19.3 Å². The largest absolute Gasteiger partial charge is 0.497 e. The lowest BCUT2D eigenvalue weighted by atomic mass is 10.2. The van der Waals surface area contributed by atoms with Crippen molar-refractivity contribution in [3.8, 4) is 17.2 Å². The summed E-state index contributed by atoms with van der Waals surface area (Å²) in [6.07, 6.45) is -0.307. The predicted molar refractivity (Wildman–Crippen MR) is 90.1 cm³/mol. The number of rotatable bonds is 6. The third kappa shape index (κ3) is 4.34. The minimum absolute atomic E-state index is 0.00943. The van der Waals surface area contributed by atoms with E-state index in [-0.39, 0.29) is 12.0 Å². The number of nitrogens with zero attached hydrogens (tertiary/aromatic N) is 3. The van der Waals surface area contributed by atoms with Crippen molar-refractivity contribution in [3.05, 3.63) is 30.1 Å². The fourth-order valence-electron chi connectivity index (χ4n) is 2.68. The molecule has 8 nitrogen and oxygen atoms in total. The summed E-state index contributed by atoms with van der Waals surface area (Å²) in [7, 11) is 1.62. The summed E-state index contributed by atoms with van der Waals surface area (Å²) in [5, 5.41) is 6.84. The highest BCUT2D eigenvalue weighted by atomic mass is 16.5. The Morgan fingerprint density at radius 2 is 2.20 bits per heavy atom. The van der Waals surface area contributed by atoms with Crippen molar-refractivity contribution in [2.45, 2.75) is 13.0 Å². The van der Waals surface area contributed by atoms with Gasteiger partial charge in [-0.2, -0.15) is 4.98 Å². The van der Waals surface area contributed by atoms with Gasteiger partial charge in [0.15, 0.2) is 0 Å². The molecule has 2 heterocycles. The van der Waals surface area contributed by atoms with Crippen molar-refractivity contribution in [1.29, 1.82) is 0 Å². The normalized spacial score (nSPS) is 18.1. The number of amides is 1. The van der Waals surface area contributed by atoms with E-state index in [1.54, 1.807) is 7.11 Å². The Hall–Kier alpha value is -2.45. The molecule has 0 saturated carbocycles. The van der Waals surface area contributed by atoms with E-state index in [0.29, 0.717) is 44.5 Å². The van der Waals surface area contributed by atoms with Gasteiger partial charge in [0.2, 0.25) is 11.7 Å². The van der Waals surface area contributed by atoms with Gasteiger partial charge in [0.05, 0.1) is 20.3 Å². The average molecular weight is 346 g/mol. The van der Waals surface area contributed by atoms with Gasteiger partial charge in [-0.05, 0) is 31.2 Å². The number of carbonyl (C=O) groups excluding carboxylic acids is 1. The van der Waals surface area contributed by atoms with E-state index in [2.05, 4.69) is 15.5 Å². The molecular weight excluding hydrogens is 324 g/mol. The van der Waals surface area contributed by atoms with Crippen LogP contribution in [0.15, 0.2) is 28.8 Å². The zero-order valence-electron chi connectivity index (χ0n) is 14.4. The van der Waals surface area contributed by atoms with Crippen LogP contribution >= 0.6 is 0 Å². The van der Waals surface area contributed by atoms with Crippen LogP contribution in [0, 0.1) is 0 Å². The highest BCUT2D eigenvalue weighted by molar-refractivity contribution is 5.77. The number of morpholine rings is 1. The summed E-state index contributed by atoms with van der Waals surface area (Å²) in [6, 6.07) is 7.40. The maximum absolute atomic E-state index is 11.7. The molecule has 0 bridgehead atoms. The van der Waals surface area contributed by atoms with Gasteiger partial charge in [-0.3, -0.25) is 9.69 Å². The number of benzene rings is 1. The van der Waals surface area contributed by atoms with Crippen LogP contribution in [0.1, 0.15) is 18.9 Å². The molecule has 2 aromatic rings. The average Bonchev–Trinajstić information content (AvgIpc) is 3.12. The fraction of sp³-hybridized carbons (Fsp3) is 0.471. The van der Waals surface area contributed by atoms with E-state index in [1.165, 1.54) is 0 Å². The second-order valence-electron chi connectivity index (χ2n) is 5.73. The minimum Gasteiger partial charge on any atom is -0.497 e. The van der Waals surface area contributed by atoms with Crippen LogP contribution in [-0.2, 0) is 9.53 Å². The first-order chi connectivity index (χ1) is 12.2. The SMILES string of the molecule is CCNC(=O)CN1CCO[C@H](c2noc(-c3ccc(OC)cc3)n2)C1. The number of ether oxygens (including phenoxy) is 2. The van der Waals surface area contributed by atoms with Gasteiger partial charge in [-0.25, -0.2) is 0 Å². The zero-order chi connectivity index (χ0) is 17.6. The highest BCUT2D eigenvalue weighted by Gasteiger charge is 2.27. The van der Waals surface area contributed by atoms with Crippen molar-refractivity contribution >= 4 is 5.91 Å².